The molecule has 0 aliphatic heterocycles. The molecule has 170 valence electrons. The topological polar surface area (TPSA) is 97.1 Å². The van der Waals surface area contributed by atoms with Crippen LogP contribution in [0.1, 0.15) is 53.5 Å². The van der Waals surface area contributed by atoms with Gasteiger partial charge in [0, 0.05) is 30.3 Å². The van der Waals surface area contributed by atoms with E-state index in [1.165, 1.54) is 12.1 Å². The Morgan fingerprint density at radius 2 is 2.09 bits per heavy atom. The smallest absolute Gasteiger partial charge is 0.419 e. The Bertz CT molecular complexity index is 1090. The highest BCUT2D eigenvalue weighted by Gasteiger charge is 2.33. The van der Waals surface area contributed by atoms with Crippen molar-refractivity contribution in [1.29, 1.82) is 0 Å². The summed E-state index contributed by atoms with van der Waals surface area (Å²) in [6.07, 6.45) is -0.181. The van der Waals surface area contributed by atoms with E-state index in [1.807, 2.05) is 6.92 Å². The molecule has 2 atom stereocenters. The van der Waals surface area contributed by atoms with Gasteiger partial charge in [-0.2, -0.15) is 0 Å². The average Bonchev–Trinajstić information content (AvgIpc) is 3.40. The van der Waals surface area contributed by atoms with Crippen molar-refractivity contribution in [1.82, 2.24) is 25.1 Å². The van der Waals surface area contributed by atoms with Crippen LogP contribution in [0.15, 0.2) is 35.0 Å². The monoisotopic (exact) mass is 449 g/mol. The van der Waals surface area contributed by atoms with Crippen molar-refractivity contribution >= 4 is 5.91 Å². The number of hydrogen-bond donors (Lipinski definition) is 1. The summed E-state index contributed by atoms with van der Waals surface area (Å²) in [5.74, 6) is 0.0108. The van der Waals surface area contributed by atoms with E-state index < -0.39 is 12.1 Å². The number of imidazole rings is 1. The van der Waals surface area contributed by atoms with Crippen LogP contribution >= 0.6 is 0 Å². The number of aryl methyl sites for hydroxylation is 1. The van der Waals surface area contributed by atoms with E-state index in [2.05, 4.69) is 24.9 Å². The van der Waals surface area contributed by atoms with Gasteiger partial charge in [-0.05, 0) is 44.4 Å². The molecule has 2 aromatic heterocycles. The van der Waals surface area contributed by atoms with Gasteiger partial charge in [0.1, 0.15) is 11.4 Å². The molecule has 0 bridgehead atoms. The molecule has 0 unspecified atom stereocenters. The Hall–Kier alpha value is -3.37. The molecular weight excluding hydrogens is 427 g/mol. The summed E-state index contributed by atoms with van der Waals surface area (Å²) in [6, 6.07) is 4.98. The number of amides is 1. The molecule has 1 aliphatic carbocycles. The summed E-state index contributed by atoms with van der Waals surface area (Å²) in [5.41, 5.74) is 1.55. The maximum Gasteiger partial charge on any atom is 0.573 e. The first-order chi connectivity index (χ1) is 15.2. The molecule has 0 spiro atoms. The number of nitrogens with one attached hydrogen (secondary N) is 1. The lowest BCUT2D eigenvalue weighted by Gasteiger charge is -2.34. The molecule has 1 aliphatic rings. The molecule has 32 heavy (non-hydrogen) atoms. The van der Waals surface area contributed by atoms with Gasteiger partial charge in [-0.25, -0.2) is 4.98 Å². The van der Waals surface area contributed by atoms with Crippen LogP contribution in [-0.2, 0) is 0 Å². The van der Waals surface area contributed by atoms with E-state index >= 15 is 0 Å². The Morgan fingerprint density at radius 1 is 1.28 bits per heavy atom. The minimum atomic E-state index is -4.82. The standard InChI is InChI=1S/C21H22F3N5O3/c1-12-17(26-11-25-12)19-28-27-18(31-19)13-5-3-7-15(9-13)29(2)20(30)14-6-4-8-16(10-14)32-21(22,23)24/h4,6,8,10-11,13,15H,3,5,7,9H2,1-2H3,(H,25,26)/t13-,15+/m0/s1. The minimum Gasteiger partial charge on any atom is -0.419 e. The molecule has 2 heterocycles. The van der Waals surface area contributed by atoms with Crippen LogP contribution in [0.2, 0.25) is 0 Å². The van der Waals surface area contributed by atoms with Gasteiger partial charge in [0.2, 0.25) is 5.89 Å². The highest BCUT2D eigenvalue weighted by Crippen LogP contribution is 2.36. The second-order valence-corrected chi connectivity index (χ2v) is 7.83. The third kappa shape index (κ3) is 4.76. The number of carbonyl (C=O) groups is 1. The van der Waals surface area contributed by atoms with Crippen molar-refractivity contribution < 1.29 is 27.1 Å². The number of halogens is 3. The third-order valence-electron chi connectivity index (χ3n) is 5.65. The quantitative estimate of drug-likeness (QED) is 0.618. The predicted molar refractivity (Wildman–Crippen MR) is 107 cm³/mol. The van der Waals surface area contributed by atoms with Crippen molar-refractivity contribution in [2.24, 2.45) is 0 Å². The molecule has 0 saturated heterocycles. The van der Waals surface area contributed by atoms with Crippen LogP contribution in [0.5, 0.6) is 5.75 Å². The Balaban J connectivity index is 1.45. The molecule has 1 saturated carbocycles. The number of rotatable bonds is 5. The molecule has 11 heteroatoms. The van der Waals surface area contributed by atoms with Gasteiger partial charge >= 0.3 is 6.36 Å². The van der Waals surface area contributed by atoms with E-state index in [4.69, 9.17) is 4.42 Å². The number of carbonyl (C=O) groups excluding carboxylic acids is 1. The highest BCUT2D eigenvalue weighted by atomic mass is 19.4. The maximum absolute atomic E-state index is 12.9. The zero-order valence-corrected chi connectivity index (χ0v) is 17.5. The third-order valence-corrected chi connectivity index (χ3v) is 5.65. The van der Waals surface area contributed by atoms with Crippen molar-refractivity contribution in [3.8, 4) is 17.3 Å². The van der Waals surface area contributed by atoms with Crippen molar-refractivity contribution in [2.45, 2.75) is 50.9 Å². The zero-order chi connectivity index (χ0) is 22.9. The van der Waals surface area contributed by atoms with Gasteiger partial charge in [-0.1, -0.05) is 12.5 Å². The van der Waals surface area contributed by atoms with Crippen molar-refractivity contribution in [3.05, 3.63) is 47.7 Å². The molecule has 0 radical (unpaired) electrons. The SMILES string of the molecule is Cc1[nH]cnc1-c1nnc([C@H]2CCC[C@@H](N(C)C(=O)c3cccc(OC(F)(F)F)c3)C2)o1. The molecule has 1 N–H and O–H groups in total. The fourth-order valence-electron chi connectivity index (χ4n) is 4.01. The van der Waals surface area contributed by atoms with Crippen LogP contribution < -0.4 is 4.74 Å². The number of aromatic nitrogens is 4. The van der Waals surface area contributed by atoms with E-state index in [9.17, 15) is 18.0 Å². The van der Waals surface area contributed by atoms with Gasteiger partial charge in [-0.3, -0.25) is 4.79 Å². The van der Waals surface area contributed by atoms with Gasteiger partial charge < -0.3 is 19.0 Å². The molecule has 8 nitrogen and oxygen atoms in total. The number of alkyl halides is 3. The average molecular weight is 449 g/mol. The van der Waals surface area contributed by atoms with Gasteiger partial charge in [-0.15, -0.1) is 23.4 Å². The minimum absolute atomic E-state index is 0.0237. The van der Waals surface area contributed by atoms with Crippen LogP contribution in [0.3, 0.4) is 0 Å². The summed E-state index contributed by atoms with van der Waals surface area (Å²) in [5, 5.41) is 8.28. The summed E-state index contributed by atoms with van der Waals surface area (Å²) < 4.78 is 47.3. The first-order valence-corrected chi connectivity index (χ1v) is 10.2. The molecule has 3 aromatic rings. The molecule has 4 rings (SSSR count). The van der Waals surface area contributed by atoms with E-state index in [0.717, 1.165) is 37.1 Å². The highest BCUT2D eigenvalue weighted by molar-refractivity contribution is 5.94. The summed E-state index contributed by atoms with van der Waals surface area (Å²) in [4.78, 5) is 21.6. The van der Waals surface area contributed by atoms with Gasteiger partial charge in [0.25, 0.3) is 11.8 Å². The maximum atomic E-state index is 12.9. The van der Waals surface area contributed by atoms with Crippen LogP contribution in [-0.4, -0.2) is 50.4 Å². The molecular formula is C21H22F3N5O3. The zero-order valence-electron chi connectivity index (χ0n) is 17.5. The second kappa shape index (κ2) is 8.64. The lowest BCUT2D eigenvalue weighted by Crippen LogP contribution is -2.39. The number of benzene rings is 1. The summed E-state index contributed by atoms with van der Waals surface area (Å²) in [6.45, 7) is 1.86. The van der Waals surface area contributed by atoms with E-state index in [-0.39, 0.29) is 23.4 Å². The molecule has 1 fully saturated rings. The summed E-state index contributed by atoms with van der Waals surface area (Å²) >= 11 is 0. The molecule has 1 aromatic carbocycles. The summed E-state index contributed by atoms with van der Waals surface area (Å²) in [7, 11) is 1.65. The number of aromatic amines is 1. The number of ether oxygens (including phenoxy) is 1. The Kier molecular flexibility index (Phi) is 5.90. The lowest BCUT2D eigenvalue weighted by atomic mass is 9.85. The van der Waals surface area contributed by atoms with Crippen molar-refractivity contribution in [2.75, 3.05) is 7.05 Å². The van der Waals surface area contributed by atoms with Crippen LogP contribution in [0, 0.1) is 6.92 Å². The second-order valence-electron chi connectivity index (χ2n) is 7.83. The largest absolute Gasteiger partial charge is 0.573 e. The first kappa shape index (κ1) is 21.8. The van der Waals surface area contributed by atoms with Crippen LogP contribution in [0.4, 0.5) is 13.2 Å². The Morgan fingerprint density at radius 3 is 2.81 bits per heavy atom. The van der Waals surface area contributed by atoms with Crippen molar-refractivity contribution in [3.63, 3.8) is 0 Å². The predicted octanol–water partition coefficient (Wildman–Crippen LogP) is 4.47. The Labute approximate surface area is 181 Å². The number of H-pyrrole nitrogens is 1. The van der Waals surface area contributed by atoms with Gasteiger partial charge in [0.05, 0.1) is 6.33 Å². The normalized spacial score (nSPS) is 19.0. The fraction of sp³-hybridized carbons (Fsp3) is 0.429. The van der Waals surface area contributed by atoms with Gasteiger partial charge in [0.15, 0.2) is 0 Å². The number of hydrogen-bond acceptors (Lipinski definition) is 6. The van der Waals surface area contributed by atoms with E-state index in [0.29, 0.717) is 23.9 Å². The lowest BCUT2D eigenvalue weighted by molar-refractivity contribution is -0.274. The number of nitrogens with zero attached hydrogens (tertiary/aromatic N) is 4. The first-order valence-electron chi connectivity index (χ1n) is 10.2. The van der Waals surface area contributed by atoms with E-state index in [1.54, 1.807) is 18.3 Å². The fourth-order valence-corrected chi connectivity index (χ4v) is 4.01. The molecule has 1 amide bonds. The van der Waals surface area contributed by atoms with Crippen LogP contribution in [0.25, 0.3) is 11.6 Å².